The van der Waals surface area contributed by atoms with Gasteiger partial charge in [0.05, 0.1) is 23.6 Å². The van der Waals surface area contributed by atoms with Crippen molar-refractivity contribution in [2.75, 3.05) is 24.2 Å². The Labute approximate surface area is 120 Å². The van der Waals surface area contributed by atoms with E-state index in [0.717, 1.165) is 5.69 Å². The molecule has 5 heteroatoms. The predicted octanol–water partition coefficient (Wildman–Crippen LogP) is 2.01. The van der Waals surface area contributed by atoms with Gasteiger partial charge in [-0.05, 0) is 32.9 Å². The quantitative estimate of drug-likeness (QED) is 0.719. The van der Waals surface area contributed by atoms with Crippen LogP contribution in [-0.4, -0.2) is 36.1 Å². The lowest BCUT2D eigenvalue weighted by atomic mass is 9.96. The topological polar surface area (TPSA) is 76.7 Å². The molecular formula is C15H24N2O3. The van der Waals surface area contributed by atoms with Gasteiger partial charge >= 0.3 is 0 Å². The average Bonchev–Trinajstić information content (AvgIpc) is 2.71. The molecule has 1 heterocycles. The molecule has 20 heavy (non-hydrogen) atoms. The highest BCUT2D eigenvalue weighted by Gasteiger charge is 2.39. The van der Waals surface area contributed by atoms with E-state index < -0.39 is 5.60 Å². The zero-order valence-electron chi connectivity index (χ0n) is 12.3. The smallest absolute Gasteiger partial charge is 0.144 e. The lowest BCUT2D eigenvalue weighted by molar-refractivity contribution is -0.0175. The molecule has 112 valence electrons. The third kappa shape index (κ3) is 3.16. The molecule has 2 atom stereocenters. The molecule has 0 aromatic heterocycles. The highest BCUT2D eigenvalue weighted by atomic mass is 16.5. The number of rotatable bonds is 5. The molecule has 0 amide bonds. The van der Waals surface area contributed by atoms with Gasteiger partial charge in [0, 0.05) is 19.6 Å². The van der Waals surface area contributed by atoms with Crippen LogP contribution in [0.5, 0.6) is 5.75 Å². The number of hydrogen-bond acceptors (Lipinski definition) is 5. The molecule has 0 radical (unpaired) electrons. The van der Waals surface area contributed by atoms with Gasteiger partial charge in [-0.25, -0.2) is 0 Å². The minimum absolute atomic E-state index is 0.0694. The molecule has 2 unspecified atom stereocenters. The van der Waals surface area contributed by atoms with E-state index in [4.69, 9.17) is 15.2 Å². The minimum atomic E-state index is -0.846. The van der Waals surface area contributed by atoms with Crippen molar-refractivity contribution >= 4 is 11.4 Å². The van der Waals surface area contributed by atoms with Crippen LogP contribution in [0.3, 0.4) is 0 Å². The van der Waals surface area contributed by atoms with Gasteiger partial charge in [0.1, 0.15) is 11.4 Å². The first kappa shape index (κ1) is 14.9. The molecule has 0 spiro atoms. The first-order chi connectivity index (χ1) is 9.42. The number of aliphatic hydroxyl groups is 1. The van der Waals surface area contributed by atoms with Crippen LogP contribution in [0.15, 0.2) is 18.2 Å². The Morgan fingerprint density at radius 1 is 1.55 bits per heavy atom. The number of para-hydroxylation sites is 1. The van der Waals surface area contributed by atoms with Gasteiger partial charge in [0.2, 0.25) is 0 Å². The molecule has 5 nitrogen and oxygen atoms in total. The molecule has 1 aromatic carbocycles. The Hall–Kier alpha value is -1.46. The zero-order valence-corrected chi connectivity index (χ0v) is 12.3. The van der Waals surface area contributed by atoms with Crippen LogP contribution in [0, 0.1) is 0 Å². The monoisotopic (exact) mass is 280 g/mol. The molecule has 4 N–H and O–H groups in total. The average molecular weight is 280 g/mol. The van der Waals surface area contributed by atoms with E-state index >= 15 is 0 Å². The summed E-state index contributed by atoms with van der Waals surface area (Å²) in [6.07, 6.45) is 0.523. The summed E-state index contributed by atoms with van der Waals surface area (Å²) in [6.45, 7) is 6.80. The standard InChI is InChI=1S/C15H24N2O3/c1-10(2)20-13-6-4-5-12(14(13)16)17-9-15(18)7-8-19-11(15)3/h4-6,10-11,17-18H,7-9,16H2,1-3H3. The van der Waals surface area contributed by atoms with Gasteiger partial charge in [-0.2, -0.15) is 0 Å². The van der Waals surface area contributed by atoms with Crippen LogP contribution >= 0.6 is 0 Å². The Kier molecular flexibility index (Phi) is 4.40. The summed E-state index contributed by atoms with van der Waals surface area (Å²) in [7, 11) is 0. The van der Waals surface area contributed by atoms with Crippen LogP contribution in [0.25, 0.3) is 0 Å². The fraction of sp³-hybridized carbons (Fsp3) is 0.600. The minimum Gasteiger partial charge on any atom is -0.489 e. The summed E-state index contributed by atoms with van der Waals surface area (Å²) < 4.78 is 11.1. The van der Waals surface area contributed by atoms with E-state index in [1.165, 1.54) is 0 Å². The Morgan fingerprint density at radius 3 is 2.90 bits per heavy atom. The number of nitrogens with two attached hydrogens (primary N) is 1. The number of ether oxygens (including phenoxy) is 2. The molecule has 0 bridgehead atoms. The maximum Gasteiger partial charge on any atom is 0.144 e. The van der Waals surface area contributed by atoms with Crippen molar-refractivity contribution in [2.45, 2.75) is 45.0 Å². The van der Waals surface area contributed by atoms with Crippen molar-refractivity contribution in [1.82, 2.24) is 0 Å². The van der Waals surface area contributed by atoms with E-state index in [1.807, 2.05) is 39.0 Å². The first-order valence-corrected chi connectivity index (χ1v) is 7.05. The third-order valence-corrected chi connectivity index (χ3v) is 3.67. The third-order valence-electron chi connectivity index (χ3n) is 3.67. The van der Waals surface area contributed by atoms with Crippen molar-refractivity contribution in [3.05, 3.63) is 18.2 Å². The van der Waals surface area contributed by atoms with Crippen LogP contribution in [-0.2, 0) is 4.74 Å². The fourth-order valence-electron chi connectivity index (χ4n) is 2.31. The summed E-state index contributed by atoms with van der Waals surface area (Å²) in [5.74, 6) is 0.660. The molecular weight excluding hydrogens is 256 g/mol. The van der Waals surface area contributed by atoms with Crippen LogP contribution in [0.1, 0.15) is 27.2 Å². The maximum atomic E-state index is 10.5. The highest BCUT2D eigenvalue weighted by Crippen LogP contribution is 2.32. The van der Waals surface area contributed by atoms with Crippen molar-refractivity contribution < 1.29 is 14.6 Å². The first-order valence-electron chi connectivity index (χ1n) is 7.05. The van der Waals surface area contributed by atoms with Gasteiger partial charge in [-0.1, -0.05) is 6.07 Å². The number of nitrogen functional groups attached to an aromatic ring is 1. The number of anilines is 2. The van der Waals surface area contributed by atoms with E-state index in [2.05, 4.69) is 5.32 Å². The molecule has 1 fully saturated rings. The van der Waals surface area contributed by atoms with Gasteiger partial charge in [-0.15, -0.1) is 0 Å². The maximum absolute atomic E-state index is 10.5. The predicted molar refractivity (Wildman–Crippen MR) is 80.1 cm³/mol. The zero-order chi connectivity index (χ0) is 14.8. The molecule has 1 aromatic rings. The van der Waals surface area contributed by atoms with Gasteiger partial charge in [0.25, 0.3) is 0 Å². The molecule has 0 saturated carbocycles. The number of nitrogens with one attached hydrogen (secondary N) is 1. The van der Waals surface area contributed by atoms with E-state index in [-0.39, 0.29) is 12.2 Å². The lowest BCUT2D eigenvalue weighted by Crippen LogP contribution is -2.43. The second kappa shape index (κ2) is 5.89. The van der Waals surface area contributed by atoms with Gasteiger partial charge in [0.15, 0.2) is 0 Å². The number of hydrogen-bond donors (Lipinski definition) is 3. The lowest BCUT2D eigenvalue weighted by Gasteiger charge is -2.27. The van der Waals surface area contributed by atoms with Crippen LogP contribution in [0.4, 0.5) is 11.4 Å². The molecule has 2 rings (SSSR count). The largest absolute Gasteiger partial charge is 0.489 e. The Morgan fingerprint density at radius 2 is 2.30 bits per heavy atom. The van der Waals surface area contributed by atoms with Crippen molar-refractivity contribution in [3.63, 3.8) is 0 Å². The van der Waals surface area contributed by atoms with Gasteiger partial charge in [-0.3, -0.25) is 0 Å². The summed E-state index contributed by atoms with van der Waals surface area (Å²) in [4.78, 5) is 0. The van der Waals surface area contributed by atoms with Crippen molar-refractivity contribution in [1.29, 1.82) is 0 Å². The summed E-state index contributed by atoms with van der Waals surface area (Å²) >= 11 is 0. The van der Waals surface area contributed by atoms with Crippen molar-refractivity contribution in [2.24, 2.45) is 0 Å². The molecule has 0 aliphatic carbocycles. The SMILES string of the molecule is CC(C)Oc1cccc(NCC2(O)CCOC2C)c1N. The van der Waals surface area contributed by atoms with E-state index in [0.29, 0.717) is 31.0 Å². The Bertz CT molecular complexity index is 464. The summed E-state index contributed by atoms with van der Waals surface area (Å²) in [5, 5.41) is 13.7. The van der Waals surface area contributed by atoms with E-state index in [1.54, 1.807) is 0 Å². The Balaban J connectivity index is 2.06. The highest BCUT2D eigenvalue weighted by molar-refractivity contribution is 5.73. The van der Waals surface area contributed by atoms with Crippen molar-refractivity contribution in [3.8, 4) is 5.75 Å². The number of benzene rings is 1. The van der Waals surface area contributed by atoms with Gasteiger partial charge < -0.3 is 25.6 Å². The molecule has 1 aliphatic rings. The fourth-order valence-corrected chi connectivity index (χ4v) is 2.31. The second-order valence-corrected chi connectivity index (χ2v) is 5.60. The van der Waals surface area contributed by atoms with Crippen LogP contribution in [0.2, 0.25) is 0 Å². The molecule has 1 saturated heterocycles. The summed E-state index contributed by atoms with van der Waals surface area (Å²) in [6, 6.07) is 5.61. The second-order valence-electron chi connectivity index (χ2n) is 5.60. The van der Waals surface area contributed by atoms with E-state index in [9.17, 15) is 5.11 Å². The molecule has 1 aliphatic heterocycles. The normalized spacial score (nSPS) is 25.9. The summed E-state index contributed by atoms with van der Waals surface area (Å²) in [5.41, 5.74) is 6.59. The van der Waals surface area contributed by atoms with Crippen LogP contribution < -0.4 is 15.8 Å².